The van der Waals surface area contributed by atoms with Gasteiger partial charge in [0.2, 0.25) is 0 Å². The summed E-state index contributed by atoms with van der Waals surface area (Å²) in [7, 11) is 0. The van der Waals surface area contributed by atoms with Crippen LogP contribution in [0.2, 0.25) is 0 Å². The Morgan fingerprint density at radius 3 is 2.40 bits per heavy atom. The highest BCUT2D eigenvalue weighted by Gasteiger charge is 2.02. The molecule has 0 bridgehead atoms. The molecule has 0 fully saturated rings. The first-order chi connectivity index (χ1) is 7.15. The number of benzene rings is 1. The third kappa shape index (κ3) is 3.84. The van der Waals surface area contributed by atoms with Crippen LogP contribution in [0.25, 0.3) is 0 Å². The fraction of sp³-hybridized carbons (Fsp3) is 0.500. The zero-order valence-corrected chi connectivity index (χ0v) is 11.1. The van der Waals surface area contributed by atoms with Gasteiger partial charge in [0.05, 0.1) is 6.61 Å². The van der Waals surface area contributed by atoms with Gasteiger partial charge >= 0.3 is 0 Å². The molecule has 1 N–H and O–H groups in total. The van der Waals surface area contributed by atoms with Crippen LogP contribution in [0.4, 0.5) is 5.69 Å². The average Bonchev–Trinajstić information content (AvgIpc) is 2.15. The Labute approximate surface area is 100 Å². The van der Waals surface area contributed by atoms with Gasteiger partial charge in [-0.05, 0) is 44.0 Å². The molecular weight excluding hydrogens is 254 g/mol. The Bertz CT molecular complexity index is 302. The van der Waals surface area contributed by atoms with Gasteiger partial charge in [-0.25, -0.2) is 0 Å². The molecule has 0 aliphatic heterocycles. The van der Waals surface area contributed by atoms with Crippen LogP contribution in [-0.4, -0.2) is 19.8 Å². The summed E-state index contributed by atoms with van der Waals surface area (Å²) in [6, 6.07) is 4.24. The molecular formula is C12H18BrNO. The molecule has 1 aromatic carbocycles. The van der Waals surface area contributed by atoms with Crippen LogP contribution in [0, 0.1) is 13.8 Å². The first-order valence-electron chi connectivity index (χ1n) is 5.23. The monoisotopic (exact) mass is 271 g/mol. The highest BCUT2D eigenvalue weighted by molar-refractivity contribution is 9.10. The summed E-state index contributed by atoms with van der Waals surface area (Å²) >= 11 is 3.49. The maximum Gasteiger partial charge on any atom is 0.0638 e. The SMILES string of the molecule is CCOCCNc1c(C)cc(Br)cc1C. The molecule has 1 aromatic rings. The van der Waals surface area contributed by atoms with E-state index >= 15 is 0 Å². The number of hydrogen-bond acceptors (Lipinski definition) is 2. The van der Waals surface area contributed by atoms with Crippen LogP contribution in [0.5, 0.6) is 0 Å². The van der Waals surface area contributed by atoms with E-state index in [0.717, 1.165) is 24.2 Å². The van der Waals surface area contributed by atoms with E-state index in [1.165, 1.54) is 16.8 Å². The van der Waals surface area contributed by atoms with Gasteiger partial charge in [-0.1, -0.05) is 15.9 Å². The van der Waals surface area contributed by atoms with E-state index in [4.69, 9.17) is 4.74 Å². The molecule has 2 nitrogen and oxygen atoms in total. The van der Waals surface area contributed by atoms with Gasteiger partial charge in [-0.15, -0.1) is 0 Å². The molecule has 0 unspecified atom stereocenters. The van der Waals surface area contributed by atoms with E-state index in [1.807, 2.05) is 6.92 Å². The maximum atomic E-state index is 5.29. The molecule has 84 valence electrons. The summed E-state index contributed by atoms with van der Waals surface area (Å²) in [5, 5.41) is 3.40. The fourth-order valence-corrected chi connectivity index (χ4v) is 2.27. The summed E-state index contributed by atoms with van der Waals surface area (Å²) in [6.07, 6.45) is 0. The molecule has 0 heterocycles. The van der Waals surface area contributed by atoms with Crippen molar-refractivity contribution in [3.8, 4) is 0 Å². The minimum Gasteiger partial charge on any atom is -0.382 e. The summed E-state index contributed by atoms with van der Waals surface area (Å²) in [5.74, 6) is 0. The van der Waals surface area contributed by atoms with E-state index in [2.05, 4.69) is 47.2 Å². The van der Waals surface area contributed by atoms with Crippen molar-refractivity contribution in [3.05, 3.63) is 27.7 Å². The Morgan fingerprint density at radius 2 is 1.87 bits per heavy atom. The van der Waals surface area contributed by atoms with Crippen molar-refractivity contribution in [2.75, 3.05) is 25.1 Å². The molecule has 0 atom stereocenters. The van der Waals surface area contributed by atoms with Gasteiger partial charge in [-0.3, -0.25) is 0 Å². The van der Waals surface area contributed by atoms with Crippen LogP contribution >= 0.6 is 15.9 Å². The standard InChI is InChI=1S/C12H18BrNO/c1-4-15-6-5-14-12-9(2)7-11(13)8-10(12)3/h7-8,14H,4-6H2,1-3H3. The molecule has 0 aliphatic rings. The number of hydrogen-bond donors (Lipinski definition) is 1. The lowest BCUT2D eigenvalue weighted by Gasteiger charge is -2.13. The second-order valence-electron chi connectivity index (χ2n) is 3.54. The summed E-state index contributed by atoms with van der Waals surface area (Å²) in [5.41, 5.74) is 3.75. The van der Waals surface area contributed by atoms with Crippen molar-refractivity contribution in [1.82, 2.24) is 0 Å². The molecule has 15 heavy (non-hydrogen) atoms. The van der Waals surface area contributed by atoms with Gasteiger partial charge < -0.3 is 10.1 Å². The predicted octanol–water partition coefficient (Wildman–Crippen LogP) is 3.51. The van der Waals surface area contributed by atoms with Gasteiger partial charge in [-0.2, -0.15) is 0 Å². The van der Waals surface area contributed by atoms with Crippen LogP contribution in [0.1, 0.15) is 18.1 Å². The lowest BCUT2D eigenvalue weighted by molar-refractivity contribution is 0.158. The number of rotatable bonds is 5. The molecule has 0 saturated carbocycles. The van der Waals surface area contributed by atoms with Crippen LogP contribution in [0.15, 0.2) is 16.6 Å². The molecule has 0 aromatic heterocycles. The van der Waals surface area contributed by atoms with Crippen molar-refractivity contribution >= 4 is 21.6 Å². The summed E-state index contributed by atoms with van der Waals surface area (Å²) in [4.78, 5) is 0. The zero-order valence-electron chi connectivity index (χ0n) is 9.56. The minimum absolute atomic E-state index is 0.755. The summed E-state index contributed by atoms with van der Waals surface area (Å²) in [6.45, 7) is 8.63. The number of anilines is 1. The smallest absolute Gasteiger partial charge is 0.0638 e. The largest absolute Gasteiger partial charge is 0.382 e. The Balaban J connectivity index is 2.60. The molecule has 0 spiro atoms. The molecule has 0 amide bonds. The number of ether oxygens (including phenoxy) is 1. The average molecular weight is 272 g/mol. The maximum absolute atomic E-state index is 5.29. The molecule has 0 radical (unpaired) electrons. The molecule has 0 aliphatic carbocycles. The Kier molecular flexibility index (Phi) is 5.12. The van der Waals surface area contributed by atoms with Crippen LogP contribution < -0.4 is 5.32 Å². The predicted molar refractivity (Wildman–Crippen MR) is 68.6 cm³/mol. The van der Waals surface area contributed by atoms with Gasteiger partial charge in [0.1, 0.15) is 0 Å². The Morgan fingerprint density at radius 1 is 1.27 bits per heavy atom. The number of aryl methyl sites for hydroxylation is 2. The van der Waals surface area contributed by atoms with E-state index < -0.39 is 0 Å². The van der Waals surface area contributed by atoms with Crippen LogP contribution in [0.3, 0.4) is 0 Å². The summed E-state index contributed by atoms with van der Waals surface area (Å²) < 4.78 is 6.42. The third-order valence-corrected chi connectivity index (χ3v) is 2.71. The van der Waals surface area contributed by atoms with Gasteiger partial charge in [0, 0.05) is 23.3 Å². The normalized spacial score (nSPS) is 10.4. The first-order valence-corrected chi connectivity index (χ1v) is 6.02. The highest BCUT2D eigenvalue weighted by Crippen LogP contribution is 2.24. The lowest BCUT2D eigenvalue weighted by atomic mass is 10.1. The quantitative estimate of drug-likeness (QED) is 0.828. The lowest BCUT2D eigenvalue weighted by Crippen LogP contribution is -2.11. The van der Waals surface area contributed by atoms with E-state index in [-0.39, 0.29) is 0 Å². The molecule has 1 rings (SSSR count). The van der Waals surface area contributed by atoms with Crippen molar-refractivity contribution in [1.29, 1.82) is 0 Å². The zero-order chi connectivity index (χ0) is 11.3. The minimum atomic E-state index is 0.755. The number of halogens is 1. The van der Waals surface area contributed by atoms with E-state index in [9.17, 15) is 0 Å². The van der Waals surface area contributed by atoms with E-state index in [1.54, 1.807) is 0 Å². The fourth-order valence-electron chi connectivity index (χ4n) is 1.58. The van der Waals surface area contributed by atoms with E-state index in [0.29, 0.717) is 0 Å². The topological polar surface area (TPSA) is 21.3 Å². The van der Waals surface area contributed by atoms with Crippen molar-refractivity contribution in [2.24, 2.45) is 0 Å². The molecule has 0 saturated heterocycles. The third-order valence-electron chi connectivity index (χ3n) is 2.25. The van der Waals surface area contributed by atoms with Crippen molar-refractivity contribution in [2.45, 2.75) is 20.8 Å². The second kappa shape index (κ2) is 6.13. The highest BCUT2D eigenvalue weighted by atomic mass is 79.9. The number of nitrogens with one attached hydrogen (secondary N) is 1. The second-order valence-corrected chi connectivity index (χ2v) is 4.45. The Hall–Kier alpha value is -0.540. The van der Waals surface area contributed by atoms with Crippen LogP contribution in [-0.2, 0) is 4.74 Å². The van der Waals surface area contributed by atoms with Gasteiger partial charge in [0.25, 0.3) is 0 Å². The first kappa shape index (κ1) is 12.5. The molecule has 3 heteroatoms. The van der Waals surface area contributed by atoms with Gasteiger partial charge in [0.15, 0.2) is 0 Å². The van der Waals surface area contributed by atoms with Crippen molar-refractivity contribution < 1.29 is 4.74 Å². The van der Waals surface area contributed by atoms with Crippen molar-refractivity contribution in [3.63, 3.8) is 0 Å².